The molecule has 0 spiro atoms. The van der Waals surface area contributed by atoms with Crippen LogP contribution in [0, 0.1) is 0 Å². The molecule has 1 atom stereocenters. The van der Waals surface area contributed by atoms with Crippen molar-refractivity contribution in [1.82, 2.24) is 9.78 Å². The lowest BCUT2D eigenvalue weighted by molar-refractivity contribution is 0.223. The van der Waals surface area contributed by atoms with Gasteiger partial charge in [-0.3, -0.25) is 0 Å². The predicted octanol–water partition coefficient (Wildman–Crippen LogP) is 6.57. The second-order valence-corrected chi connectivity index (χ2v) is 7.40. The van der Waals surface area contributed by atoms with Gasteiger partial charge in [-0.15, -0.1) is 0 Å². The number of methoxy groups -OCH3 is 1. The van der Waals surface area contributed by atoms with Crippen molar-refractivity contribution in [3.63, 3.8) is 0 Å². The molecule has 3 nitrogen and oxygen atoms in total. The quantitative estimate of drug-likeness (QED) is 0.397. The number of aromatic nitrogens is 2. The normalized spacial score (nSPS) is 14.1. The van der Waals surface area contributed by atoms with Crippen LogP contribution in [-0.2, 0) is 5.54 Å². The molecular formula is C17H30BrClN2O. The highest BCUT2D eigenvalue weighted by Gasteiger charge is 2.31. The number of hydrogen-bond donors (Lipinski definition) is 0. The van der Waals surface area contributed by atoms with Gasteiger partial charge in [0.1, 0.15) is 4.60 Å². The Hall–Kier alpha value is -0.220. The summed E-state index contributed by atoms with van der Waals surface area (Å²) in [5.74, 6) is 0.635. The topological polar surface area (TPSA) is 27.1 Å². The minimum absolute atomic E-state index is 0.0124. The second-order valence-electron chi connectivity index (χ2n) is 6.29. The van der Waals surface area contributed by atoms with Gasteiger partial charge in [0, 0.05) is 0 Å². The van der Waals surface area contributed by atoms with Crippen LogP contribution in [0.5, 0.6) is 5.75 Å². The standard InChI is InChI=1S/C17H30BrClN2O/c1-5-7-9-10-11-13-17(3,12-8-6-2)21-15(18)14(22-4)16(19)20-21/h5-13H2,1-4H3. The van der Waals surface area contributed by atoms with E-state index in [1.165, 1.54) is 44.9 Å². The Balaban J connectivity index is 2.86. The predicted molar refractivity (Wildman–Crippen MR) is 98.0 cm³/mol. The summed E-state index contributed by atoms with van der Waals surface area (Å²) in [7, 11) is 1.63. The van der Waals surface area contributed by atoms with E-state index in [1.807, 2.05) is 4.68 Å². The van der Waals surface area contributed by atoms with Crippen molar-refractivity contribution in [3.05, 3.63) is 9.76 Å². The summed E-state index contributed by atoms with van der Waals surface area (Å²) in [6.45, 7) is 6.77. The maximum atomic E-state index is 6.21. The highest BCUT2D eigenvalue weighted by Crippen LogP contribution is 2.39. The third kappa shape index (κ3) is 5.16. The summed E-state index contributed by atoms with van der Waals surface area (Å²) < 4.78 is 8.24. The van der Waals surface area contributed by atoms with E-state index in [-0.39, 0.29) is 5.54 Å². The molecule has 0 fully saturated rings. The zero-order chi connectivity index (χ0) is 16.6. The first-order valence-electron chi connectivity index (χ1n) is 8.48. The molecule has 128 valence electrons. The van der Waals surface area contributed by atoms with Gasteiger partial charge in [0.15, 0.2) is 10.9 Å². The lowest BCUT2D eigenvalue weighted by Crippen LogP contribution is -2.31. The van der Waals surface area contributed by atoms with E-state index < -0.39 is 0 Å². The van der Waals surface area contributed by atoms with E-state index >= 15 is 0 Å². The fraction of sp³-hybridized carbons (Fsp3) is 0.824. The van der Waals surface area contributed by atoms with Crippen LogP contribution < -0.4 is 4.74 Å². The average molecular weight is 394 g/mol. The van der Waals surface area contributed by atoms with Gasteiger partial charge in [-0.25, -0.2) is 4.68 Å². The number of hydrogen-bond acceptors (Lipinski definition) is 2. The molecule has 1 aromatic heterocycles. The largest absolute Gasteiger partial charge is 0.491 e. The molecule has 0 saturated heterocycles. The van der Waals surface area contributed by atoms with Gasteiger partial charge in [0.2, 0.25) is 0 Å². The SMILES string of the molecule is CCCCCCCC(C)(CCCC)n1nc(Cl)c(OC)c1Br. The van der Waals surface area contributed by atoms with Crippen molar-refractivity contribution < 1.29 is 4.74 Å². The zero-order valence-electron chi connectivity index (χ0n) is 14.4. The molecule has 22 heavy (non-hydrogen) atoms. The van der Waals surface area contributed by atoms with E-state index in [0.29, 0.717) is 10.9 Å². The van der Waals surface area contributed by atoms with Gasteiger partial charge in [0.25, 0.3) is 0 Å². The first-order chi connectivity index (χ1) is 10.5. The smallest absolute Gasteiger partial charge is 0.194 e. The van der Waals surface area contributed by atoms with E-state index in [1.54, 1.807) is 7.11 Å². The fourth-order valence-electron chi connectivity index (χ4n) is 2.89. The maximum Gasteiger partial charge on any atom is 0.194 e. The van der Waals surface area contributed by atoms with Crippen LogP contribution in [0.25, 0.3) is 0 Å². The molecule has 0 amide bonds. The minimum Gasteiger partial charge on any atom is -0.491 e. The van der Waals surface area contributed by atoms with Crippen LogP contribution in [-0.4, -0.2) is 16.9 Å². The molecule has 0 aliphatic carbocycles. The van der Waals surface area contributed by atoms with Crippen LogP contribution >= 0.6 is 27.5 Å². The number of nitrogens with zero attached hydrogens (tertiary/aromatic N) is 2. The number of ether oxygens (including phenoxy) is 1. The molecule has 0 aliphatic heterocycles. The summed E-state index contributed by atoms with van der Waals surface area (Å²) in [6.07, 6.45) is 11.1. The Labute approximate surface area is 148 Å². The molecule has 0 aliphatic rings. The van der Waals surface area contributed by atoms with E-state index in [2.05, 4.69) is 41.8 Å². The second kappa shape index (κ2) is 9.82. The third-order valence-electron chi connectivity index (χ3n) is 4.35. The Morgan fingerprint density at radius 1 is 1.09 bits per heavy atom. The fourth-order valence-corrected chi connectivity index (χ4v) is 4.10. The van der Waals surface area contributed by atoms with Gasteiger partial charge in [-0.05, 0) is 35.7 Å². The molecule has 0 N–H and O–H groups in total. The monoisotopic (exact) mass is 392 g/mol. The van der Waals surface area contributed by atoms with Crippen molar-refractivity contribution in [3.8, 4) is 5.75 Å². The van der Waals surface area contributed by atoms with Gasteiger partial charge >= 0.3 is 0 Å². The Morgan fingerprint density at radius 3 is 2.23 bits per heavy atom. The molecule has 1 aromatic rings. The maximum absolute atomic E-state index is 6.21. The first-order valence-corrected chi connectivity index (χ1v) is 9.65. The summed E-state index contributed by atoms with van der Waals surface area (Å²) in [5.41, 5.74) is -0.0124. The summed E-state index contributed by atoms with van der Waals surface area (Å²) >= 11 is 9.82. The van der Waals surface area contributed by atoms with Gasteiger partial charge in [-0.1, -0.05) is 70.4 Å². The zero-order valence-corrected chi connectivity index (χ0v) is 16.8. The van der Waals surface area contributed by atoms with E-state index in [0.717, 1.165) is 17.4 Å². The van der Waals surface area contributed by atoms with Gasteiger partial charge in [-0.2, -0.15) is 5.10 Å². The Kier molecular flexibility index (Phi) is 8.85. The van der Waals surface area contributed by atoms with Crippen molar-refractivity contribution in [1.29, 1.82) is 0 Å². The summed E-state index contributed by atoms with van der Waals surface area (Å²) in [5, 5.41) is 4.96. The highest BCUT2D eigenvalue weighted by molar-refractivity contribution is 9.10. The summed E-state index contributed by atoms with van der Waals surface area (Å²) in [6, 6.07) is 0. The van der Waals surface area contributed by atoms with Crippen LogP contribution in [0.15, 0.2) is 4.60 Å². The molecule has 1 unspecified atom stereocenters. The van der Waals surface area contributed by atoms with Crippen LogP contribution in [0.4, 0.5) is 0 Å². The van der Waals surface area contributed by atoms with Gasteiger partial charge in [0.05, 0.1) is 12.6 Å². The molecule has 0 bridgehead atoms. The lowest BCUT2D eigenvalue weighted by atomic mass is 9.88. The van der Waals surface area contributed by atoms with Crippen LogP contribution in [0.1, 0.15) is 78.6 Å². The number of unbranched alkanes of at least 4 members (excludes halogenated alkanes) is 5. The van der Waals surface area contributed by atoms with Crippen LogP contribution in [0.2, 0.25) is 5.15 Å². The van der Waals surface area contributed by atoms with E-state index in [4.69, 9.17) is 16.3 Å². The number of halogens is 2. The number of rotatable bonds is 11. The molecule has 0 radical (unpaired) electrons. The van der Waals surface area contributed by atoms with Crippen molar-refractivity contribution >= 4 is 27.5 Å². The molecule has 1 rings (SSSR count). The van der Waals surface area contributed by atoms with Crippen molar-refractivity contribution in [2.45, 2.75) is 84.1 Å². The lowest BCUT2D eigenvalue weighted by Gasteiger charge is -2.31. The minimum atomic E-state index is -0.0124. The summed E-state index contributed by atoms with van der Waals surface area (Å²) in [4.78, 5) is 0. The van der Waals surface area contributed by atoms with Crippen LogP contribution in [0.3, 0.4) is 0 Å². The first kappa shape index (κ1) is 19.8. The van der Waals surface area contributed by atoms with Crippen molar-refractivity contribution in [2.75, 3.05) is 7.11 Å². The average Bonchev–Trinajstić information content (AvgIpc) is 2.80. The van der Waals surface area contributed by atoms with E-state index in [9.17, 15) is 0 Å². The third-order valence-corrected chi connectivity index (χ3v) is 5.30. The Morgan fingerprint density at radius 2 is 1.68 bits per heavy atom. The molecule has 0 saturated carbocycles. The molecule has 1 heterocycles. The molecular weight excluding hydrogens is 364 g/mol. The molecule has 5 heteroatoms. The molecule has 0 aromatic carbocycles. The van der Waals surface area contributed by atoms with Gasteiger partial charge < -0.3 is 4.74 Å². The highest BCUT2D eigenvalue weighted by atomic mass is 79.9. The Bertz CT molecular complexity index is 450. The van der Waals surface area contributed by atoms with Crippen molar-refractivity contribution in [2.24, 2.45) is 0 Å².